The second kappa shape index (κ2) is 9.10. The molecule has 2 heterocycles. The lowest BCUT2D eigenvalue weighted by Crippen LogP contribution is -2.35. The van der Waals surface area contributed by atoms with Gasteiger partial charge in [0.1, 0.15) is 0 Å². The minimum Gasteiger partial charge on any atom is -0.389 e. The summed E-state index contributed by atoms with van der Waals surface area (Å²) in [5.74, 6) is 0. The normalized spacial score (nSPS) is 20.0. The van der Waals surface area contributed by atoms with Gasteiger partial charge in [0.05, 0.1) is 25.4 Å². The smallest absolute Gasteiger partial charge is 0.0900 e. The Bertz CT molecular complexity index is 382. The summed E-state index contributed by atoms with van der Waals surface area (Å²) in [6, 6.07) is 4.01. The van der Waals surface area contributed by atoms with Crippen molar-refractivity contribution in [1.82, 2.24) is 9.88 Å². The van der Waals surface area contributed by atoms with Crippen LogP contribution < -0.4 is 0 Å². The average molecular weight is 294 g/mol. The monoisotopic (exact) mass is 294 g/mol. The van der Waals surface area contributed by atoms with Crippen LogP contribution in [0.2, 0.25) is 0 Å². The van der Waals surface area contributed by atoms with Gasteiger partial charge >= 0.3 is 0 Å². The molecule has 1 aliphatic rings. The van der Waals surface area contributed by atoms with E-state index in [0.29, 0.717) is 19.8 Å². The van der Waals surface area contributed by atoms with Crippen LogP contribution in [0.5, 0.6) is 0 Å². The largest absolute Gasteiger partial charge is 0.389 e. The molecule has 1 saturated heterocycles. The van der Waals surface area contributed by atoms with E-state index in [4.69, 9.17) is 9.47 Å². The minimum atomic E-state index is -0.465. The second-order valence-corrected chi connectivity index (χ2v) is 5.51. The van der Waals surface area contributed by atoms with Gasteiger partial charge < -0.3 is 14.6 Å². The number of aliphatic hydroxyl groups is 1. The first-order valence-electron chi connectivity index (χ1n) is 7.76. The van der Waals surface area contributed by atoms with Gasteiger partial charge in [-0.15, -0.1) is 0 Å². The SMILES string of the molecule is CCN(Cc1ccncc1)C[C@H](O)COC[C@@H]1CCCO1. The maximum atomic E-state index is 10.1. The van der Waals surface area contributed by atoms with Gasteiger partial charge in [-0.2, -0.15) is 0 Å². The van der Waals surface area contributed by atoms with Crippen LogP contribution in [0.1, 0.15) is 25.3 Å². The molecule has 0 aliphatic carbocycles. The molecule has 0 spiro atoms. The lowest BCUT2D eigenvalue weighted by atomic mass is 10.2. The van der Waals surface area contributed by atoms with E-state index >= 15 is 0 Å². The van der Waals surface area contributed by atoms with Crippen LogP contribution in [0.15, 0.2) is 24.5 Å². The van der Waals surface area contributed by atoms with Crippen molar-refractivity contribution in [2.45, 2.75) is 38.5 Å². The number of nitrogens with zero attached hydrogens (tertiary/aromatic N) is 2. The lowest BCUT2D eigenvalue weighted by molar-refractivity contribution is -0.0254. The summed E-state index contributed by atoms with van der Waals surface area (Å²) in [5, 5.41) is 10.1. The number of hydrogen-bond donors (Lipinski definition) is 1. The molecule has 0 aromatic carbocycles. The van der Waals surface area contributed by atoms with Crippen molar-refractivity contribution in [1.29, 1.82) is 0 Å². The number of ether oxygens (including phenoxy) is 2. The molecular weight excluding hydrogens is 268 g/mol. The highest BCUT2D eigenvalue weighted by Crippen LogP contribution is 2.12. The molecule has 118 valence electrons. The Labute approximate surface area is 126 Å². The predicted octanol–water partition coefficient (Wildman–Crippen LogP) is 1.46. The predicted molar refractivity (Wildman–Crippen MR) is 81.0 cm³/mol. The lowest BCUT2D eigenvalue weighted by Gasteiger charge is -2.24. The zero-order valence-corrected chi connectivity index (χ0v) is 12.8. The molecule has 0 unspecified atom stereocenters. The van der Waals surface area contributed by atoms with Gasteiger partial charge in [-0.3, -0.25) is 9.88 Å². The average Bonchev–Trinajstić information content (AvgIpc) is 3.01. The highest BCUT2D eigenvalue weighted by molar-refractivity contribution is 5.09. The van der Waals surface area contributed by atoms with Crippen LogP contribution in [0.25, 0.3) is 0 Å². The van der Waals surface area contributed by atoms with Crippen LogP contribution >= 0.6 is 0 Å². The first kappa shape index (κ1) is 16.4. The van der Waals surface area contributed by atoms with E-state index < -0.39 is 6.10 Å². The summed E-state index contributed by atoms with van der Waals surface area (Å²) in [6.07, 6.45) is 5.53. The number of hydrogen-bond acceptors (Lipinski definition) is 5. The summed E-state index contributed by atoms with van der Waals surface area (Å²) in [4.78, 5) is 6.22. The van der Waals surface area contributed by atoms with Crippen molar-refractivity contribution in [3.8, 4) is 0 Å². The van der Waals surface area contributed by atoms with Crippen molar-refractivity contribution in [2.75, 3.05) is 32.9 Å². The molecule has 0 amide bonds. The Morgan fingerprint density at radius 3 is 2.95 bits per heavy atom. The van der Waals surface area contributed by atoms with Gasteiger partial charge in [0.15, 0.2) is 0 Å². The van der Waals surface area contributed by atoms with Gasteiger partial charge in [0.25, 0.3) is 0 Å². The fraction of sp³-hybridized carbons (Fsp3) is 0.688. The van der Waals surface area contributed by atoms with E-state index in [1.165, 1.54) is 5.56 Å². The van der Waals surface area contributed by atoms with E-state index in [-0.39, 0.29) is 6.10 Å². The molecule has 5 heteroatoms. The molecule has 1 aromatic rings. The highest BCUT2D eigenvalue weighted by Gasteiger charge is 2.17. The number of likely N-dealkylation sites (N-methyl/N-ethyl adjacent to an activating group) is 1. The molecule has 1 N–H and O–H groups in total. The summed E-state index contributed by atoms with van der Waals surface area (Å²) in [7, 11) is 0. The standard InChI is InChI=1S/C16H26N2O3/c1-2-18(10-14-5-7-17-8-6-14)11-15(19)12-20-13-16-4-3-9-21-16/h5-8,15-16,19H,2-4,9-13H2,1H3/t15-,16-/m0/s1. The van der Waals surface area contributed by atoms with Gasteiger partial charge in [-0.1, -0.05) is 6.92 Å². The molecule has 1 aromatic heterocycles. The molecule has 2 rings (SSSR count). The number of aromatic nitrogens is 1. The van der Waals surface area contributed by atoms with Gasteiger partial charge in [0.2, 0.25) is 0 Å². The fourth-order valence-electron chi connectivity index (χ4n) is 2.51. The third-order valence-electron chi connectivity index (χ3n) is 3.71. The van der Waals surface area contributed by atoms with Gasteiger partial charge in [-0.25, -0.2) is 0 Å². The van der Waals surface area contributed by atoms with Crippen molar-refractivity contribution >= 4 is 0 Å². The van der Waals surface area contributed by atoms with Crippen LogP contribution in [0, 0.1) is 0 Å². The molecular formula is C16H26N2O3. The molecule has 1 aliphatic heterocycles. The summed E-state index contributed by atoms with van der Waals surface area (Å²) in [5.41, 5.74) is 1.21. The molecule has 1 fully saturated rings. The van der Waals surface area contributed by atoms with Gasteiger partial charge in [-0.05, 0) is 37.1 Å². The van der Waals surface area contributed by atoms with Crippen LogP contribution in [-0.4, -0.2) is 60.1 Å². The molecule has 0 radical (unpaired) electrons. The van der Waals surface area contributed by atoms with E-state index in [2.05, 4.69) is 16.8 Å². The Kier molecular flexibility index (Phi) is 7.09. The van der Waals surface area contributed by atoms with Crippen LogP contribution in [-0.2, 0) is 16.0 Å². The molecule has 2 atom stereocenters. The zero-order valence-electron chi connectivity index (χ0n) is 12.8. The molecule has 0 saturated carbocycles. The van der Waals surface area contributed by atoms with Crippen molar-refractivity contribution in [3.63, 3.8) is 0 Å². The zero-order chi connectivity index (χ0) is 14.9. The summed E-state index contributed by atoms with van der Waals surface area (Å²) in [6.45, 7) is 6.23. The third kappa shape index (κ3) is 6.09. The highest BCUT2D eigenvalue weighted by atomic mass is 16.5. The third-order valence-corrected chi connectivity index (χ3v) is 3.71. The Morgan fingerprint density at radius 2 is 2.29 bits per heavy atom. The quantitative estimate of drug-likeness (QED) is 0.747. The Hall–Kier alpha value is -1.01. The van der Waals surface area contributed by atoms with Gasteiger partial charge in [0, 0.05) is 32.1 Å². The number of pyridine rings is 1. The topological polar surface area (TPSA) is 54.8 Å². The van der Waals surface area contributed by atoms with Crippen LogP contribution in [0.4, 0.5) is 0 Å². The van der Waals surface area contributed by atoms with E-state index in [1.807, 2.05) is 12.1 Å². The first-order valence-corrected chi connectivity index (χ1v) is 7.76. The molecule has 5 nitrogen and oxygen atoms in total. The van der Waals surface area contributed by atoms with E-state index in [9.17, 15) is 5.11 Å². The number of rotatable bonds is 9. The Balaban J connectivity index is 1.65. The maximum Gasteiger partial charge on any atom is 0.0900 e. The first-order chi connectivity index (χ1) is 10.3. The van der Waals surface area contributed by atoms with E-state index in [0.717, 1.165) is 32.5 Å². The van der Waals surface area contributed by atoms with Crippen LogP contribution in [0.3, 0.4) is 0 Å². The summed E-state index contributed by atoms with van der Waals surface area (Å²) >= 11 is 0. The summed E-state index contributed by atoms with van der Waals surface area (Å²) < 4.78 is 11.1. The van der Waals surface area contributed by atoms with E-state index in [1.54, 1.807) is 12.4 Å². The van der Waals surface area contributed by atoms with Crippen molar-refractivity contribution in [3.05, 3.63) is 30.1 Å². The second-order valence-electron chi connectivity index (χ2n) is 5.51. The molecule has 0 bridgehead atoms. The van der Waals surface area contributed by atoms with Crippen molar-refractivity contribution in [2.24, 2.45) is 0 Å². The fourth-order valence-corrected chi connectivity index (χ4v) is 2.51. The minimum absolute atomic E-state index is 0.219. The molecule has 21 heavy (non-hydrogen) atoms. The number of aliphatic hydroxyl groups excluding tert-OH is 1. The Morgan fingerprint density at radius 1 is 1.48 bits per heavy atom. The van der Waals surface area contributed by atoms with Crippen molar-refractivity contribution < 1.29 is 14.6 Å². The maximum absolute atomic E-state index is 10.1.